The summed E-state index contributed by atoms with van der Waals surface area (Å²) in [6.45, 7) is 3.71. The predicted molar refractivity (Wildman–Crippen MR) is 75.2 cm³/mol. The molecule has 0 fully saturated rings. The molecule has 0 aliphatic heterocycles. The molecule has 0 atom stereocenters. The van der Waals surface area contributed by atoms with E-state index >= 15 is 0 Å². The third kappa shape index (κ3) is 10.7. The Bertz CT molecular complexity index is 502. The van der Waals surface area contributed by atoms with E-state index in [1.807, 2.05) is 0 Å². The van der Waals surface area contributed by atoms with Crippen molar-refractivity contribution < 1.29 is 21.6 Å². The highest BCUT2D eigenvalue weighted by Gasteiger charge is 2.10. The minimum Gasteiger partial charge on any atom is -0.379 e. The molecule has 0 saturated carbocycles. The van der Waals surface area contributed by atoms with Crippen molar-refractivity contribution in [2.45, 2.75) is 0 Å². The first kappa shape index (κ1) is 18.1. The molecule has 0 heterocycles. The first-order chi connectivity index (χ1) is 8.83. The van der Waals surface area contributed by atoms with Crippen LogP contribution in [0.1, 0.15) is 0 Å². The van der Waals surface area contributed by atoms with Crippen LogP contribution in [0.3, 0.4) is 0 Å². The van der Waals surface area contributed by atoms with Gasteiger partial charge < -0.3 is 10.1 Å². The molecule has 110 valence electrons. The van der Waals surface area contributed by atoms with E-state index in [0.717, 1.165) is 5.41 Å². The lowest BCUT2D eigenvalue weighted by Crippen LogP contribution is -2.26. The first-order valence-electron chi connectivity index (χ1n) is 5.60. The normalized spacial score (nSPS) is 11.9. The number of sulfone groups is 2. The Morgan fingerprint density at radius 1 is 1.16 bits per heavy atom. The SMILES string of the molecule is C#CCNCCS(=O)(=O)CCOCCS(=O)(=O)C=C. The molecule has 0 amide bonds. The average Bonchev–Trinajstić information content (AvgIpc) is 2.34. The second-order valence-electron chi connectivity index (χ2n) is 3.68. The summed E-state index contributed by atoms with van der Waals surface area (Å²) in [6.07, 6.45) is 5.00. The summed E-state index contributed by atoms with van der Waals surface area (Å²) >= 11 is 0. The van der Waals surface area contributed by atoms with Crippen LogP contribution in [0.4, 0.5) is 0 Å². The smallest absolute Gasteiger partial charge is 0.173 e. The summed E-state index contributed by atoms with van der Waals surface area (Å²) in [5, 5.41) is 3.63. The fraction of sp³-hybridized carbons (Fsp3) is 0.636. The molecule has 8 heteroatoms. The zero-order valence-corrected chi connectivity index (χ0v) is 12.3. The Labute approximate surface area is 115 Å². The summed E-state index contributed by atoms with van der Waals surface area (Å²) in [4.78, 5) is 0. The number of ether oxygens (including phenoxy) is 1. The Morgan fingerprint density at radius 2 is 1.79 bits per heavy atom. The fourth-order valence-corrected chi connectivity index (χ4v) is 2.58. The summed E-state index contributed by atoms with van der Waals surface area (Å²) in [7, 11) is -6.50. The molecule has 0 aromatic heterocycles. The number of nitrogens with one attached hydrogen (secondary N) is 1. The Hall–Kier alpha value is -0.880. The third-order valence-electron chi connectivity index (χ3n) is 2.12. The van der Waals surface area contributed by atoms with E-state index in [4.69, 9.17) is 11.2 Å². The highest BCUT2D eigenvalue weighted by molar-refractivity contribution is 7.94. The predicted octanol–water partition coefficient (Wildman–Crippen LogP) is -0.801. The number of rotatable bonds is 11. The molecular weight excluding hydrogens is 290 g/mol. The highest BCUT2D eigenvalue weighted by Crippen LogP contribution is 1.93. The van der Waals surface area contributed by atoms with Gasteiger partial charge in [-0.05, 0) is 0 Å². The number of terminal acetylenes is 1. The zero-order valence-electron chi connectivity index (χ0n) is 10.7. The first-order valence-corrected chi connectivity index (χ1v) is 9.14. The summed E-state index contributed by atoms with van der Waals surface area (Å²) in [6, 6.07) is 0. The standard InChI is InChI=1S/C11H19NO5S2/c1-3-5-12-6-9-19(15,16)11-8-17-7-10-18(13,14)4-2/h1,4,12H,2,5-11H2. The van der Waals surface area contributed by atoms with Crippen LogP contribution in [0.5, 0.6) is 0 Å². The van der Waals surface area contributed by atoms with Crippen molar-refractivity contribution in [3.63, 3.8) is 0 Å². The molecule has 1 N–H and O–H groups in total. The van der Waals surface area contributed by atoms with Crippen LogP contribution in [0.25, 0.3) is 0 Å². The lowest BCUT2D eigenvalue weighted by molar-refractivity contribution is 0.165. The zero-order chi connectivity index (χ0) is 14.8. The lowest BCUT2D eigenvalue weighted by atomic mass is 10.6. The third-order valence-corrected chi connectivity index (χ3v) is 4.98. The van der Waals surface area contributed by atoms with Gasteiger partial charge in [0.1, 0.15) is 0 Å². The maximum absolute atomic E-state index is 11.5. The molecule has 0 aromatic rings. The Kier molecular flexibility index (Phi) is 8.67. The largest absolute Gasteiger partial charge is 0.379 e. The van der Waals surface area contributed by atoms with Gasteiger partial charge in [0, 0.05) is 12.0 Å². The van der Waals surface area contributed by atoms with Gasteiger partial charge in [-0.1, -0.05) is 12.5 Å². The monoisotopic (exact) mass is 309 g/mol. The van der Waals surface area contributed by atoms with Crippen molar-refractivity contribution in [3.8, 4) is 12.3 Å². The van der Waals surface area contributed by atoms with E-state index in [1.54, 1.807) is 0 Å². The van der Waals surface area contributed by atoms with Crippen LogP contribution in [0, 0.1) is 12.3 Å². The van der Waals surface area contributed by atoms with Crippen LogP contribution in [-0.4, -0.2) is 60.4 Å². The second kappa shape index (κ2) is 9.09. The molecule has 0 aromatic carbocycles. The average molecular weight is 309 g/mol. The van der Waals surface area contributed by atoms with Gasteiger partial charge in [0.15, 0.2) is 19.7 Å². The van der Waals surface area contributed by atoms with Crippen LogP contribution in [-0.2, 0) is 24.4 Å². The molecule has 0 aliphatic carbocycles. The fourth-order valence-electron chi connectivity index (χ4n) is 1.04. The van der Waals surface area contributed by atoms with Crippen LogP contribution in [0.15, 0.2) is 12.0 Å². The number of hydrogen-bond donors (Lipinski definition) is 1. The van der Waals surface area contributed by atoms with E-state index in [0.29, 0.717) is 6.54 Å². The molecule has 0 radical (unpaired) electrons. The van der Waals surface area contributed by atoms with E-state index in [1.165, 1.54) is 0 Å². The molecular formula is C11H19NO5S2. The Morgan fingerprint density at radius 3 is 2.37 bits per heavy atom. The van der Waals surface area contributed by atoms with Gasteiger partial charge in [-0.3, -0.25) is 0 Å². The molecule has 0 bridgehead atoms. The molecule has 0 unspecified atom stereocenters. The summed E-state index contributed by atoms with van der Waals surface area (Å²) < 4.78 is 50.0. The van der Waals surface area contributed by atoms with Gasteiger partial charge >= 0.3 is 0 Å². The van der Waals surface area contributed by atoms with E-state index < -0.39 is 19.7 Å². The van der Waals surface area contributed by atoms with Crippen LogP contribution >= 0.6 is 0 Å². The summed E-state index contributed by atoms with van der Waals surface area (Å²) in [5.41, 5.74) is 0. The Balaban J connectivity index is 3.76. The molecule has 0 spiro atoms. The maximum Gasteiger partial charge on any atom is 0.173 e. The summed E-state index contributed by atoms with van der Waals surface area (Å²) in [5.74, 6) is 1.98. The van der Waals surface area contributed by atoms with Crippen molar-refractivity contribution >= 4 is 19.7 Å². The molecule has 6 nitrogen and oxygen atoms in total. The van der Waals surface area contributed by atoms with Gasteiger partial charge in [-0.25, -0.2) is 16.8 Å². The van der Waals surface area contributed by atoms with E-state index in [2.05, 4.69) is 17.8 Å². The minimum atomic E-state index is -3.30. The van der Waals surface area contributed by atoms with Crippen LogP contribution < -0.4 is 5.32 Å². The quantitative estimate of drug-likeness (QED) is 0.397. The van der Waals surface area contributed by atoms with Gasteiger partial charge in [-0.15, -0.1) is 6.42 Å². The highest BCUT2D eigenvalue weighted by atomic mass is 32.2. The van der Waals surface area contributed by atoms with Crippen molar-refractivity contribution in [2.24, 2.45) is 0 Å². The van der Waals surface area contributed by atoms with Gasteiger partial charge in [0.2, 0.25) is 0 Å². The van der Waals surface area contributed by atoms with Gasteiger partial charge in [-0.2, -0.15) is 0 Å². The second-order valence-corrected chi connectivity index (χ2v) is 8.05. The van der Waals surface area contributed by atoms with Crippen LogP contribution in [0.2, 0.25) is 0 Å². The van der Waals surface area contributed by atoms with Crippen molar-refractivity contribution in [3.05, 3.63) is 12.0 Å². The molecule has 0 rings (SSSR count). The number of hydrogen-bond acceptors (Lipinski definition) is 6. The molecule has 19 heavy (non-hydrogen) atoms. The lowest BCUT2D eigenvalue weighted by Gasteiger charge is -2.05. The maximum atomic E-state index is 11.5. The van der Waals surface area contributed by atoms with E-state index in [-0.39, 0.29) is 37.0 Å². The van der Waals surface area contributed by atoms with Gasteiger partial charge in [0.05, 0.1) is 37.0 Å². The van der Waals surface area contributed by atoms with Crippen molar-refractivity contribution in [1.29, 1.82) is 0 Å². The molecule has 0 saturated heterocycles. The van der Waals surface area contributed by atoms with Gasteiger partial charge in [0.25, 0.3) is 0 Å². The van der Waals surface area contributed by atoms with E-state index in [9.17, 15) is 16.8 Å². The minimum absolute atomic E-state index is 0.0237. The van der Waals surface area contributed by atoms with Crippen molar-refractivity contribution in [1.82, 2.24) is 5.32 Å². The molecule has 0 aliphatic rings. The van der Waals surface area contributed by atoms with Crippen molar-refractivity contribution in [2.75, 3.05) is 43.6 Å². The topological polar surface area (TPSA) is 89.5 Å².